The molecule has 0 bridgehead atoms. The lowest BCUT2D eigenvalue weighted by molar-refractivity contribution is -0.130. The SMILES string of the molecule is C#Cc1cccc(N(CC(=O)N2CCN(S(=O)(=O)c3c(C)noc3C)CC2)Cc2cccs2)c1. The summed E-state index contributed by atoms with van der Waals surface area (Å²) in [5, 5.41) is 5.77. The molecular formula is C24H26N4O4S2. The molecule has 0 aliphatic carbocycles. The van der Waals surface area contributed by atoms with E-state index in [9.17, 15) is 13.2 Å². The van der Waals surface area contributed by atoms with E-state index in [2.05, 4.69) is 11.1 Å². The molecule has 0 atom stereocenters. The quantitative estimate of drug-likeness (QED) is 0.466. The van der Waals surface area contributed by atoms with Crippen molar-refractivity contribution in [3.63, 3.8) is 0 Å². The molecule has 1 amide bonds. The largest absolute Gasteiger partial charge is 0.360 e. The van der Waals surface area contributed by atoms with Crippen LogP contribution in [0.5, 0.6) is 0 Å². The summed E-state index contributed by atoms with van der Waals surface area (Å²) in [6.07, 6.45) is 5.57. The second-order valence-corrected chi connectivity index (χ2v) is 11.0. The molecule has 10 heteroatoms. The normalized spacial score (nSPS) is 14.7. The molecule has 4 rings (SSSR count). The minimum absolute atomic E-state index is 0.0583. The van der Waals surface area contributed by atoms with Crippen LogP contribution in [0, 0.1) is 26.2 Å². The third-order valence-corrected chi connectivity index (χ3v) is 8.79. The zero-order valence-electron chi connectivity index (χ0n) is 19.1. The maximum atomic E-state index is 13.2. The Morgan fingerprint density at radius 3 is 2.59 bits per heavy atom. The van der Waals surface area contributed by atoms with Gasteiger partial charge in [0.15, 0.2) is 5.76 Å². The highest BCUT2D eigenvalue weighted by Gasteiger charge is 2.34. The Kier molecular flexibility index (Phi) is 7.07. The van der Waals surface area contributed by atoms with Gasteiger partial charge in [0.1, 0.15) is 10.6 Å². The third-order valence-electron chi connectivity index (χ3n) is 5.79. The summed E-state index contributed by atoms with van der Waals surface area (Å²) in [5.41, 5.74) is 1.96. The van der Waals surface area contributed by atoms with Crippen molar-refractivity contribution in [1.29, 1.82) is 0 Å². The zero-order valence-corrected chi connectivity index (χ0v) is 20.7. The van der Waals surface area contributed by atoms with Gasteiger partial charge in [-0.3, -0.25) is 4.79 Å². The Morgan fingerprint density at radius 2 is 1.97 bits per heavy atom. The molecule has 0 spiro atoms. The highest BCUT2D eigenvalue weighted by Crippen LogP contribution is 2.25. The van der Waals surface area contributed by atoms with E-state index in [1.807, 2.05) is 46.7 Å². The summed E-state index contributed by atoms with van der Waals surface area (Å²) >= 11 is 1.63. The molecule has 3 heterocycles. The number of thiophene rings is 1. The molecule has 1 saturated heterocycles. The smallest absolute Gasteiger partial charge is 0.248 e. The molecule has 0 radical (unpaired) electrons. The van der Waals surface area contributed by atoms with Crippen LogP contribution in [0.2, 0.25) is 0 Å². The fourth-order valence-corrected chi connectivity index (χ4v) is 6.47. The van der Waals surface area contributed by atoms with Gasteiger partial charge < -0.3 is 14.3 Å². The van der Waals surface area contributed by atoms with Crippen molar-refractivity contribution in [2.24, 2.45) is 0 Å². The fraction of sp³-hybridized carbons (Fsp3) is 0.333. The van der Waals surface area contributed by atoms with E-state index in [4.69, 9.17) is 10.9 Å². The van der Waals surface area contributed by atoms with Gasteiger partial charge in [0.05, 0.1) is 13.1 Å². The van der Waals surface area contributed by atoms with Crippen LogP contribution in [0.3, 0.4) is 0 Å². The number of nitrogens with zero attached hydrogens (tertiary/aromatic N) is 4. The topological polar surface area (TPSA) is 87.0 Å². The van der Waals surface area contributed by atoms with Gasteiger partial charge >= 0.3 is 0 Å². The average Bonchev–Trinajstić information content (AvgIpc) is 3.48. The van der Waals surface area contributed by atoms with E-state index in [0.717, 1.165) is 16.1 Å². The van der Waals surface area contributed by atoms with Crippen LogP contribution in [-0.4, -0.2) is 61.4 Å². The summed E-state index contributed by atoms with van der Waals surface area (Å²) in [7, 11) is -3.73. The Balaban J connectivity index is 1.45. The maximum Gasteiger partial charge on any atom is 0.248 e. The molecule has 3 aromatic rings. The molecule has 0 N–H and O–H groups in total. The Bertz CT molecular complexity index is 1280. The van der Waals surface area contributed by atoms with Crippen LogP contribution in [0.15, 0.2) is 51.2 Å². The number of rotatable bonds is 7. The van der Waals surface area contributed by atoms with Gasteiger partial charge in [0, 0.05) is 42.3 Å². The lowest BCUT2D eigenvalue weighted by Crippen LogP contribution is -2.52. The molecule has 1 aromatic carbocycles. The van der Waals surface area contributed by atoms with Gasteiger partial charge in [-0.2, -0.15) is 4.31 Å². The number of aryl methyl sites for hydroxylation is 2. The zero-order chi connectivity index (χ0) is 24.3. The monoisotopic (exact) mass is 498 g/mol. The summed E-state index contributed by atoms with van der Waals surface area (Å²) in [6.45, 7) is 5.02. The highest BCUT2D eigenvalue weighted by atomic mass is 32.2. The maximum absolute atomic E-state index is 13.2. The molecular weight excluding hydrogens is 472 g/mol. The van der Waals surface area contributed by atoms with E-state index in [0.29, 0.717) is 25.3 Å². The third kappa shape index (κ3) is 5.01. The Labute approximate surface area is 203 Å². The van der Waals surface area contributed by atoms with Gasteiger partial charge in [0.2, 0.25) is 15.9 Å². The summed E-state index contributed by atoms with van der Waals surface area (Å²) < 4.78 is 32.6. The number of piperazine rings is 1. The first-order valence-electron chi connectivity index (χ1n) is 10.8. The number of terminal acetylenes is 1. The van der Waals surface area contributed by atoms with Crippen molar-refractivity contribution in [2.45, 2.75) is 25.3 Å². The number of amides is 1. The minimum Gasteiger partial charge on any atom is -0.360 e. The van der Waals surface area contributed by atoms with Crippen molar-refractivity contribution < 1.29 is 17.7 Å². The lowest BCUT2D eigenvalue weighted by atomic mass is 10.2. The van der Waals surface area contributed by atoms with Crippen LogP contribution < -0.4 is 4.90 Å². The molecule has 8 nitrogen and oxygen atoms in total. The van der Waals surface area contributed by atoms with Crippen LogP contribution in [0.4, 0.5) is 5.69 Å². The molecule has 1 fully saturated rings. The van der Waals surface area contributed by atoms with Crippen LogP contribution in [0.1, 0.15) is 21.9 Å². The number of aromatic nitrogens is 1. The second-order valence-electron chi connectivity index (χ2n) is 8.07. The van der Waals surface area contributed by atoms with Gasteiger partial charge in [-0.25, -0.2) is 8.42 Å². The van der Waals surface area contributed by atoms with E-state index in [1.54, 1.807) is 30.1 Å². The first-order valence-corrected chi connectivity index (χ1v) is 13.2. The average molecular weight is 499 g/mol. The van der Waals surface area contributed by atoms with E-state index in [-0.39, 0.29) is 36.2 Å². The van der Waals surface area contributed by atoms with Crippen molar-refractivity contribution >= 4 is 33.0 Å². The van der Waals surface area contributed by atoms with E-state index < -0.39 is 10.0 Å². The number of anilines is 1. The van der Waals surface area contributed by atoms with Crippen molar-refractivity contribution in [3.8, 4) is 12.3 Å². The van der Waals surface area contributed by atoms with Gasteiger partial charge in [-0.15, -0.1) is 17.8 Å². The molecule has 0 saturated carbocycles. The lowest BCUT2D eigenvalue weighted by Gasteiger charge is -2.35. The van der Waals surface area contributed by atoms with E-state index in [1.165, 1.54) is 4.31 Å². The number of hydrogen-bond acceptors (Lipinski definition) is 7. The van der Waals surface area contributed by atoms with Crippen molar-refractivity contribution in [2.75, 3.05) is 37.6 Å². The second kappa shape index (κ2) is 10.0. The predicted octanol–water partition coefficient (Wildman–Crippen LogP) is 2.87. The minimum atomic E-state index is -3.73. The van der Waals surface area contributed by atoms with Crippen LogP contribution >= 0.6 is 11.3 Å². The van der Waals surface area contributed by atoms with Crippen molar-refractivity contribution in [1.82, 2.24) is 14.4 Å². The van der Waals surface area contributed by atoms with Crippen LogP contribution in [0.25, 0.3) is 0 Å². The van der Waals surface area contributed by atoms with Gasteiger partial charge in [0.25, 0.3) is 0 Å². The highest BCUT2D eigenvalue weighted by molar-refractivity contribution is 7.89. The van der Waals surface area contributed by atoms with Gasteiger partial charge in [-0.1, -0.05) is 23.2 Å². The Morgan fingerprint density at radius 1 is 1.21 bits per heavy atom. The van der Waals surface area contributed by atoms with E-state index >= 15 is 0 Å². The number of sulfonamides is 1. The van der Waals surface area contributed by atoms with Gasteiger partial charge in [-0.05, 0) is 43.5 Å². The summed E-state index contributed by atoms with van der Waals surface area (Å²) in [4.78, 5) is 18.2. The summed E-state index contributed by atoms with van der Waals surface area (Å²) in [6, 6.07) is 11.6. The number of hydrogen-bond donors (Lipinski definition) is 0. The number of carbonyl (C=O) groups excluding carboxylic acids is 1. The molecule has 178 valence electrons. The van der Waals surface area contributed by atoms with Crippen LogP contribution in [-0.2, 0) is 21.4 Å². The number of carbonyl (C=O) groups is 1. The molecule has 34 heavy (non-hydrogen) atoms. The Hall–Kier alpha value is -3.13. The predicted molar refractivity (Wildman–Crippen MR) is 131 cm³/mol. The standard InChI is InChI=1S/C24H26N4O4S2/c1-4-20-7-5-8-21(15-20)27(16-22-9-6-14-33-22)17-23(29)26-10-12-28(13-11-26)34(30,31)24-18(2)25-32-19(24)3/h1,5-9,14-15H,10-13,16-17H2,2-3H3. The molecule has 1 aliphatic rings. The number of benzene rings is 1. The van der Waals surface area contributed by atoms with Crippen molar-refractivity contribution in [3.05, 3.63) is 63.7 Å². The molecule has 2 aromatic heterocycles. The fourth-order valence-electron chi connectivity index (χ4n) is 4.03. The first kappa shape index (κ1) is 24.0. The first-order chi connectivity index (χ1) is 16.3. The summed E-state index contributed by atoms with van der Waals surface area (Å²) in [5.74, 6) is 2.86. The molecule has 1 aliphatic heterocycles. The molecule has 0 unspecified atom stereocenters.